The molecule has 0 saturated heterocycles. The second kappa shape index (κ2) is 2.35. The first-order valence-electron chi connectivity index (χ1n) is 2.76. The molecule has 1 unspecified atom stereocenters. The van der Waals surface area contributed by atoms with Gasteiger partial charge in [-0.2, -0.15) is 0 Å². The SMILES string of the molecule is [2H]C1C=CC=CC=N1. The van der Waals surface area contributed by atoms with E-state index in [0.29, 0.717) is 0 Å². The molecule has 0 spiro atoms. The molecule has 36 valence electrons. The van der Waals surface area contributed by atoms with Crippen molar-refractivity contribution in [3.63, 3.8) is 0 Å². The first-order chi connectivity index (χ1) is 3.89. The van der Waals surface area contributed by atoms with E-state index in [1.807, 2.05) is 18.2 Å². The molecule has 0 saturated carbocycles. The van der Waals surface area contributed by atoms with Gasteiger partial charge in [-0.25, -0.2) is 0 Å². The van der Waals surface area contributed by atoms with Crippen LogP contribution < -0.4 is 0 Å². The van der Waals surface area contributed by atoms with Gasteiger partial charge in [-0.3, -0.25) is 4.99 Å². The second-order valence-corrected chi connectivity index (χ2v) is 1.22. The number of nitrogens with zero attached hydrogens (tertiary/aromatic N) is 1. The van der Waals surface area contributed by atoms with Gasteiger partial charge in [-0.15, -0.1) is 0 Å². The molecule has 1 rings (SSSR count). The number of aliphatic imine (C=N–C) groups is 1. The summed E-state index contributed by atoms with van der Waals surface area (Å²) in [5, 5.41) is 0. The van der Waals surface area contributed by atoms with E-state index in [2.05, 4.69) is 4.99 Å². The molecule has 0 radical (unpaired) electrons. The van der Waals surface area contributed by atoms with E-state index in [1.54, 1.807) is 12.3 Å². The van der Waals surface area contributed by atoms with Crippen LogP contribution in [0.2, 0.25) is 0 Å². The summed E-state index contributed by atoms with van der Waals surface area (Å²) in [7, 11) is 0. The molecule has 1 aliphatic heterocycles. The molecule has 1 heterocycles. The van der Waals surface area contributed by atoms with E-state index in [0.717, 1.165) is 0 Å². The molecule has 1 nitrogen and oxygen atoms in total. The van der Waals surface area contributed by atoms with Gasteiger partial charge in [0, 0.05) is 6.21 Å². The summed E-state index contributed by atoms with van der Waals surface area (Å²) in [6.07, 6.45) is 8.85. The number of allylic oxidation sites excluding steroid dienone is 3. The van der Waals surface area contributed by atoms with Crippen molar-refractivity contribution in [1.82, 2.24) is 0 Å². The Kier molecular flexibility index (Phi) is 1.07. The zero-order valence-corrected chi connectivity index (χ0v) is 3.91. The van der Waals surface area contributed by atoms with Crippen molar-refractivity contribution in [1.29, 1.82) is 0 Å². The highest BCUT2D eigenvalue weighted by Crippen LogP contribution is 1.81. The highest BCUT2D eigenvalue weighted by molar-refractivity contribution is 5.72. The molecule has 0 aromatic carbocycles. The Bertz CT molecular complexity index is 131. The maximum atomic E-state index is 7.09. The standard InChI is InChI=1S/C6H7N/c1-2-4-6-7-5-3-1/h1-5H,6H2/i6D. The molecule has 0 aromatic rings. The van der Waals surface area contributed by atoms with Gasteiger partial charge in [0.05, 0.1) is 7.89 Å². The van der Waals surface area contributed by atoms with Crippen LogP contribution in [0.4, 0.5) is 0 Å². The van der Waals surface area contributed by atoms with Crippen molar-refractivity contribution in [2.45, 2.75) is 0 Å². The fraction of sp³-hybridized carbons (Fsp3) is 0.167. The van der Waals surface area contributed by atoms with Crippen molar-refractivity contribution in [3.8, 4) is 0 Å². The molecule has 0 fully saturated rings. The average molecular weight is 94.1 g/mol. The van der Waals surface area contributed by atoms with Gasteiger partial charge in [-0.05, 0) is 6.08 Å². The zero-order valence-electron chi connectivity index (χ0n) is 4.91. The quantitative estimate of drug-likeness (QED) is 0.427. The molecule has 0 aliphatic carbocycles. The number of rotatable bonds is 0. The summed E-state index contributed by atoms with van der Waals surface area (Å²) in [5.74, 6) is 0. The third-order valence-electron chi connectivity index (χ3n) is 0.678. The summed E-state index contributed by atoms with van der Waals surface area (Å²) in [4.78, 5) is 3.79. The van der Waals surface area contributed by atoms with E-state index < -0.39 is 6.52 Å². The Labute approximate surface area is 44.5 Å². The maximum absolute atomic E-state index is 7.09. The van der Waals surface area contributed by atoms with Crippen LogP contribution in [0, 0.1) is 0 Å². The van der Waals surface area contributed by atoms with Crippen LogP contribution in [0.1, 0.15) is 1.37 Å². The summed E-state index contributed by atoms with van der Waals surface area (Å²) in [6, 6.07) is 0. The van der Waals surface area contributed by atoms with Crippen LogP contribution >= 0.6 is 0 Å². The normalized spacial score (nSPS) is 29.7. The Morgan fingerprint density at radius 3 is 3.43 bits per heavy atom. The Balaban J connectivity index is 2.66. The summed E-state index contributed by atoms with van der Waals surface area (Å²) in [5.41, 5.74) is 0. The van der Waals surface area contributed by atoms with Gasteiger partial charge in [-0.1, -0.05) is 18.2 Å². The lowest BCUT2D eigenvalue weighted by Crippen LogP contribution is -1.66. The smallest absolute Gasteiger partial charge is 0.0573 e. The topological polar surface area (TPSA) is 12.4 Å². The van der Waals surface area contributed by atoms with E-state index in [1.165, 1.54) is 0 Å². The summed E-state index contributed by atoms with van der Waals surface area (Å²) >= 11 is 0. The van der Waals surface area contributed by atoms with E-state index in [4.69, 9.17) is 1.37 Å². The van der Waals surface area contributed by atoms with E-state index in [9.17, 15) is 0 Å². The average Bonchev–Trinajstić information content (AvgIpc) is 1.94. The Morgan fingerprint density at radius 2 is 2.43 bits per heavy atom. The zero-order chi connectivity index (χ0) is 5.82. The van der Waals surface area contributed by atoms with Crippen LogP contribution in [-0.2, 0) is 0 Å². The summed E-state index contributed by atoms with van der Waals surface area (Å²) < 4.78 is 7.09. The molecule has 1 aliphatic rings. The first-order valence-corrected chi connectivity index (χ1v) is 2.18. The highest BCUT2D eigenvalue weighted by Gasteiger charge is 1.70. The van der Waals surface area contributed by atoms with Gasteiger partial charge in [0.15, 0.2) is 0 Å². The van der Waals surface area contributed by atoms with Gasteiger partial charge < -0.3 is 0 Å². The molecule has 0 aromatic heterocycles. The third kappa shape index (κ3) is 1.35. The lowest BCUT2D eigenvalue weighted by atomic mass is 10.5. The fourth-order valence-corrected chi connectivity index (χ4v) is 0.377. The molecule has 0 bridgehead atoms. The molecule has 0 amide bonds. The highest BCUT2D eigenvalue weighted by atomic mass is 14.7. The molecule has 0 N–H and O–H groups in total. The molecular weight excluding hydrogens is 86.1 g/mol. The first kappa shape index (κ1) is 3.19. The maximum Gasteiger partial charge on any atom is 0.0573 e. The lowest BCUT2D eigenvalue weighted by Gasteiger charge is -1.71. The Hall–Kier alpha value is -0.850. The van der Waals surface area contributed by atoms with Crippen molar-refractivity contribution < 1.29 is 1.37 Å². The minimum absolute atomic E-state index is 0.398. The van der Waals surface area contributed by atoms with Gasteiger partial charge in [0.1, 0.15) is 0 Å². The monoisotopic (exact) mass is 94.1 g/mol. The third-order valence-corrected chi connectivity index (χ3v) is 0.678. The minimum Gasteiger partial charge on any atom is -0.289 e. The lowest BCUT2D eigenvalue weighted by molar-refractivity contribution is 1.27. The largest absolute Gasteiger partial charge is 0.289 e. The van der Waals surface area contributed by atoms with Crippen LogP contribution in [0.15, 0.2) is 29.3 Å². The van der Waals surface area contributed by atoms with Crippen LogP contribution in [0.3, 0.4) is 0 Å². The van der Waals surface area contributed by atoms with Crippen molar-refractivity contribution >= 4 is 6.21 Å². The van der Waals surface area contributed by atoms with Crippen LogP contribution in [-0.4, -0.2) is 12.7 Å². The van der Waals surface area contributed by atoms with Gasteiger partial charge >= 0.3 is 0 Å². The molecule has 1 heteroatoms. The number of hydrogen-bond acceptors (Lipinski definition) is 1. The predicted molar refractivity (Wildman–Crippen MR) is 31.6 cm³/mol. The Morgan fingerprint density at radius 1 is 1.43 bits per heavy atom. The fourth-order valence-electron chi connectivity index (χ4n) is 0.377. The number of hydrogen-bond donors (Lipinski definition) is 0. The molecule has 7 heavy (non-hydrogen) atoms. The predicted octanol–water partition coefficient (Wildman–Crippen LogP) is 1.18. The molecular formula is C6H7N. The minimum atomic E-state index is -0.398. The van der Waals surface area contributed by atoms with Crippen molar-refractivity contribution in [2.75, 3.05) is 6.52 Å². The molecule has 1 atom stereocenters. The van der Waals surface area contributed by atoms with Crippen LogP contribution in [0.25, 0.3) is 0 Å². The van der Waals surface area contributed by atoms with E-state index >= 15 is 0 Å². The van der Waals surface area contributed by atoms with E-state index in [-0.39, 0.29) is 0 Å². The van der Waals surface area contributed by atoms with Crippen molar-refractivity contribution in [3.05, 3.63) is 24.3 Å². The van der Waals surface area contributed by atoms with Crippen molar-refractivity contribution in [2.24, 2.45) is 4.99 Å². The summed E-state index contributed by atoms with van der Waals surface area (Å²) in [6.45, 7) is -0.398. The van der Waals surface area contributed by atoms with Crippen LogP contribution in [0.5, 0.6) is 0 Å². The van der Waals surface area contributed by atoms with Gasteiger partial charge in [0.2, 0.25) is 0 Å². The second-order valence-electron chi connectivity index (χ2n) is 1.22. The van der Waals surface area contributed by atoms with Gasteiger partial charge in [0.25, 0.3) is 0 Å².